The van der Waals surface area contributed by atoms with Crippen molar-refractivity contribution in [3.63, 3.8) is 0 Å². The number of aliphatic carboxylic acids is 1. The van der Waals surface area contributed by atoms with Gasteiger partial charge in [-0.25, -0.2) is 4.98 Å². The summed E-state index contributed by atoms with van der Waals surface area (Å²) >= 11 is 8.59. The summed E-state index contributed by atoms with van der Waals surface area (Å²) < 4.78 is 1.80. The van der Waals surface area contributed by atoms with Gasteiger partial charge in [-0.3, -0.25) is 4.79 Å². The summed E-state index contributed by atoms with van der Waals surface area (Å²) in [4.78, 5) is 16.0. The third-order valence-electron chi connectivity index (χ3n) is 2.89. The summed E-state index contributed by atoms with van der Waals surface area (Å²) in [6.07, 6.45) is 0. The molecular formula is C15H10ClNO2S2. The highest BCUT2D eigenvalue weighted by Gasteiger charge is 2.23. The van der Waals surface area contributed by atoms with E-state index < -0.39 is 11.2 Å². The number of carbonyl (C=O) groups is 1. The molecule has 1 N–H and O–H groups in total. The zero-order chi connectivity index (χ0) is 14.8. The number of halogens is 1. The number of hydrogen-bond acceptors (Lipinski definition) is 4. The predicted molar refractivity (Wildman–Crippen MR) is 87.3 cm³/mol. The van der Waals surface area contributed by atoms with Crippen molar-refractivity contribution in [3.8, 4) is 0 Å². The standard InChI is InChI=1S/C15H10ClNO2S2/c16-10-7-5-9(6-8-10)13(14(18)19)21-15-17-11-3-1-2-4-12(11)20-15/h1-8,13H,(H,18,19). The first-order valence-corrected chi connectivity index (χ1v) is 8.21. The van der Waals surface area contributed by atoms with Crippen LogP contribution in [0.15, 0.2) is 52.9 Å². The van der Waals surface area contributed by atoms with Gasteiger partial charge >= 0.3 is 5.97 Å². The van der Waals surface area contributed by atoms with Crippen LogP contribution in [0.4, 0.5) is 0 Å². The number of carboxylic acid groups (broad SMARTS) is 1. The van der Waals surface area contributed by atoms with E-state index in [4.69, 9.17) is 11.6 Å². The number of aromatic nitrogens is 1. The number of rotatable bonds is 4. The second kappa shape index (κ2) is 6.05. The Morgan fingerprint density at radius 2 is 1.90 bits per heavy atom. The Kier molecular flexibility index (Phi) is 4.14. The number of para-hydroxylation sites is 1. The van der Waals surface area contributed by atoms with Crippen molar-refractivity contribution >= 4 is 50.9 Å². The molecule has 2 aromatic carbocycles. The van der Waals surface area contributed by atoms with E-state index in [0.29, 0.717) is 10.6 Å². The molecule has 0 spiro atoms. The van der Waals surface area contributed by atoms with E-state index in [1.165, 1.54) is 23.1 Å². The summed E-state index contributed by atoms with van der Waals surface area (Å²) in [7, 11) is 0. The Bertz CT molecular complexity index is 753. The van der Waals surface area contributed by atoms with E-state index in [9.17, 15) is 9.90 Å². The molecule has 3 rings (SSSR count). The first kappa shape index (κ1) is 14.4. The fraction of sp³-hybridized carbons (Fsp3) is 0.0667. The minimum absolute atomic E-state index is 0.591. The van der Waals surface area contributed by atoms with Crippen LogP contribution < -0.4 is 0 Å². The van der Waals surface area contributed by atoms with E-state index in [-0.39, 0.29) is 0 Å². The second-order valence-corrected chi connectivity index (χ2v) is 7.15. The van der Waals surface area contributed by atoms with Crippen molar-refractivity contribution < 1.29 is 9.90 Å². The molecule has 1 atom stereocenters. The molecule has 1 heterocycles. The fourth-order valence-corrected chi connectivity index (χ4v) is 4.22. The molecule has 3 aromatic rings. The van der Waals surface area contributed by atoms with Gasteiger partial charge in [0.15, 0.2) is 4.34 Å². The summed E-state index contributed by atoms with van der Waals surface area (Å²) in [6, 6.07) is 14.6. The van der Waals surface area contributed by atoms with Crippen LogP contribution in [0.5, 0.6) is 0 Å². The van der Waals surface area contributed by atoms with Gasteiger partial charge in [-0.15, -0.1) is 11.3 Å². The predicted octanol–water partition coefficient (Wildman–Crippen LogP) is 4.87. The Balaban J connectivity index is 1.91. The lowest BCUT2D eigenvalue weighted by molar-refractivity contribution is -0.136. The molecule has 3 nitrogen and oxygen atoms in total. The van der Waals surface area contributed by atoms with Gasteiger partial charge in [-0.2, -0.15) is 0 Å². The third-order valence-corrected chi connectivity index (χ3v) is 5.51. The lowest BCUT2D eigenvalue weighted by atomic mass is 10.1. The van der Waals surface area contributed by atoms with E-state index in [1.807, 2.05) is 24.3 Å². The molecule has 0 fully saturated rings. The zero-order valence-electron chi connectivity index (χ0n) is 10.7. The molecule has 106 valence electrons. The number of fused-ring (bicyclic) bond motifs is 1. The van der Waals surface area contributed by atoms with Crippen LogP contribution in [0.25, 0.3) is 10.2 Å². The third kappa shape index (κ3) is 3.20. The number of thiazole rings is 1. The summed E-state index contributed by atoms with van der Waals surface area (Å²) in [5.74, 6) is -0.887. The summed E-state index contributed by atoms with van der Waals surface area (Å²) in [5, 5.41) is 9.35. The zero-order valence-corrected chi connectivity index (χ0v) is 13.1. The maximum atomic E-state index is 11.5. The molecule has 0 saturated heterocycles. The molecule has 1 aromatic heterocycles. The highest BCUT2D eigenvalue weighted by molar-refractivity contribution is 8.02. The minimum atomic E-state index is -0.887. The van der Waals surface area contributed by atoms with E-state index >= 15 is 0 Å². The molecule has 6 heteroatoms. The maximum absolute atomic E-state index is 11.5. The first-order valence-electron chi connectivity index (χ1n) is 6.14. The second-order valence-electron chi connectivity index (χ2n) is 4.34. The number of thioether (sulfide) groups is 1. The first-order chi connectivity index (χ1) is 10.1. The number of hydrogen-bond donors (Lipinski definition) is 1. The van der Waals surface area contributed by atoms with Crippen LogP contribution in [-0.2, 0) is 4.79 Å². The van der Waals surface area contributed by atoms with Crippen LogP contribution >= 0.6 is 34.7 Å². The topological polar surface area (TPSA) is 50.2 Å². The molecular weight excluding hydrogens is 326 g/mol. The molecule has 21 heavy (non-hydrogen) atoms. The molecule has 0 radical (unpaired) electrons. The molecule has 0 amide bonds. The van der Waals surface area contributed by atoms with Gasteiger partial charge in [0.05, 0.1) is 10.2 Å². The molecule has 0 saturated carbocycles. The molecule has 0 aliphatic rings. The molecule has 0 aliphatic heterocycles. The Morgan fingerprint density at radius 1 is 1.19 bits per heavy atom. The average Bonchev–Trinajstić information content (AvgIpc) is 2.88. The Hall–Kier alpha value is -1.56. The van der Waals surface area contributed by atoms with Crippen molar-refractivity contribution in [1.82, 2.24) is 4.98 Å². The van der Waals surface area contributed by atoms with Crippen LogP contribution in [0.1, 0.15) is 10.8 Å². The average molecular weight is 336 g/mol. The fourth-order valence-electron chi connectivity index (χ4n) is 1.90. The van der Waals surface area contributed by atoms with Crippen LogP contribution in [0.2, 0.25) is 5.02 Å². The van der Waals surface area contributed by atoms with Gasteiger partial charge in [0.2, 0.25) is 0 Å². The van der Waals surface area contributed by atoms with Gasteiger partial charge in [0.25, 0.3) is 0 Å². The highest BCUT2D eigenvalue weighted by atomic mass is 35.5. The van der Waals surface area contributed by atoms with Gasteiger partial charge in [0, 0.05) is 5.02 Å². The van der Waals surface area contributed by atoms with Crippen molar-refractivity contribution in [2.24, 2.45) is 0 Å². The summed E-state index contributed by atoms with van der Waals surface area (Å²) in [5.41, 5.74) is 1.60. The number of carboxylic acids is 1. The van der Waals surface area contributed by atoms with Gasteiger partial charge < -0.3 is 5.11 Å². The number of benzene rings is 2. The van der Waals surface area contributed by atoms with Crippen molar-refractivity contribution in [3.05, 3.63) is 59.1 Å². The van der Waals surface area contributed by atoms with Gasteiger partial charge in [-0.05, 0) is 29.8 Å². The SMILES string of the molecule is O=C(O)C(Sc1nc2ccccc2s1)c1ccc(Cl)cc1. The van der Waals surface area contributed by atoms with E-state index in [1.54, 1.807) is 24.3 Å². The Labute approximate surface area is 134 Å². The summed E-state index contributed by atoms with van der Waals surface area (Å²) in [6.45, 7) is 0. The van der Waals surface area contributed by atoms with Gasteiger partial charge in [0.1, 0.15) is 5.25 Å². The van der Waals surface area contributed by atoms with Crippen molar-refractivity contribution in [2.75, 3.05) is 0 Å². The van der Waals surface area contributed by atoms with Crippen molar-refractivity contribution in [1.29, 1.82) is 0 Å². The highest BCUT2D eigenvalue weighted by Crippen LogP contribution is 2.39. The van der Waals surface area contributed by atoms with Gasteiger partial charge in [-0.1, -0.05) is 47.6 Å². The van der Waals surface area contributed by atoms with Crippen molar-refractivity contribution in [2.45, 2.75) is 9.59 Å². The molecule has 1 unspecified atom stereocenters. The largest absolute Gasteiger partial charge is 0.480 e. The van der Waals surface area contributed by atoms with Crippen LogP contribution in [0, 0.1) is 0 Å². The molecule has 0 bridgehead atoms. The monoisotopic (exact) mass is 335 g/mol. The normalized spacial score (nSPS) is 12.4. The van der Waals surface area contributed by atoms with E-state index in [2.05, 4.69) is 4.98 Å². The van der Waals surface area contributed by atoms with Crippen LogP contribution in [0.3, 0.4) is 0 Å². The quantitative estimate of drug-likeness (QED) is 0.691. The molecule has 0 aliphatic carbocycles. The lowest BCUT2D eigenvalue weighted by Crippen LogP contribution is -2.07. The van der Waals surface area contributed by atoms with Crippen LogP contribution in [-0.4, -0.2) is 16.1 Å². The number of nitrogens with zero attached hydrogens (tertiary/aromatic N) is 1. The lowest BCUT2D eigenvalue weighted by Gasteiger charge is -2.10. The van der Waals surface area contributed by atoms with E-state index in [0.717, 1.165) is 14.6 Å². The minimum Gasteiger partial charge on any atom is -0.480 e. The maximum Gasteiger partial charge on any atom is 0.321 e. The smallest absolute Gasteiger partial charge is 0.321 e. The Morgan fingerprint density at radius 3 is 2.57 bits per heavy atom.